The van der Waals surface area contributed by atoms with Crippen molar-refractivity contribution in [3.05, 3.63) is 175 Å². The van der Waals surface area contributed by atoms with Crippen LogP contribution in [-0.4, -0.2) is 0 Å². The van der Waals surface area contributed by atoms with Crippen LogP contribution < -0.4 is 9.64 Å². The van der Waals surface area contributed by atoms with Crippen molar-refractivity contribution >= 4 is 59.3 Å². The number of anilines is 3. The smallest absolute Gasteiger partial charge is 0.137 e. The summed E-state index contributed by atoms with van der Waals surface area (Å²) >= 11 is 1.86. The lowest BCUT2D eigenvalue weighted by Gasteiger charge is -2.33. The predicted octanol–water partition coefficient (Wildman–Crippen LogP) is 14.4. The van der Waals surface area contributed by atoms with Crippen LogP contribution in [0.4, 0.5) is 17.1 Å². The second-order valence-corrected chi connectivity index (χ2v) is 15.5. The summed E-state index contributed by atoms with van der Waals surface area (Å²) in [6.07, 6.45) is 0. The van der Waals surface area contributed by atoms with Gasteiger partial charge in [-0.05, 0) is 86.8 Å². The number of nitrogens with zero attached hydrogens (tertiary/aromatic N) is 1. The lowest BCUT2D eigenvalue weighted by Crippen LogP contribution is -2.20. The standard InChI is InChI=1S/C49H33NOS/c1-49(2)39-20-8-6-15-33(39)37-19-11-22-41(48(37)49)50(40-21-12-24-45-47(40)38-16-7-9-23-44(38)52-45)31-25-26-34-36-18-10-17-35-32(30-13-4-3-5-14-30)27-28-42(46(35)36)51-43(34)29-31/h3-29H,1-2H3. The first-order valence-electron chi connectivity index (χ1n) is 17.9. The molecule has 246 valence electrons. The number of benzene rings is 8. The maximum atomic E-state index is 6.91. The highest BCUT2D eigenvalue weighted by Gasteiger charge is 2.39. The van der Waals surface area contributed by atoms with Crippen LogP contribution in [0.15, 0.2) is 164 Å². The first-order chi connectivity index (χ1) is 25.6. The lowest BCUT2D eigenvalue weighted by atomic mass is 9.81. The van der Waals surface area contributed by atoms with Crippen molar-refractivity contribution in [1.29, 1.82) is 0 Å². The second-order valence-electron chi connectivity index (χ2n) is 14.4. The number of thiophene rings is 1. The van der Waals surface area contributed by atoms with Crippen molar-refractivity contribution in [3.63, 3.8) is 0 Å². The predicted molar refractivity (Wildman–Crippen MR) is 220 cm³/mol. The van der Waals surface area contributed by atoms with Crippen LogP contribution in [0.5, 0.6) is 11.5 Å². The van der Waals surface area contributed by atoms with E-state index in [9.17, 15) is 0 Å². The Morgan fingerprint density at radius 2 is 1.17 bits per heavy atom. The molecule has 0 bridgehead atoms. The summed E-state index contributed by atoms with van der Waals surface area (Å²) in [6.45, 7) is 4.74. The third-order valence-corrected chi connectivity index (χ3v) is 12.4. The monoisotopic (exact) mass is 683 g/mol. The Hall–Kier alpha value is -6.16. The molecule has 0 radical (unpaired) electrons. The van der Waals surface area contributed by atoms with Crippen molar-refractivity contribution < 1.29 is 4.74 Å². The molecule has 0 N–H and O–H groups in total. The van der Waals surface area contributed by atoms with Crippen molar-refractivity contribution in [2.45, 2.75) is 19.3 Å². The summed E-state index contributed by atoms with van der Waals surface area (Å²) in [5.41, 5.74) is 13.3. The molecule has 2 aliphatic rings. The van der Waals surface area contributed by atoms with E-state index in [1.165, 1.54) is 75.9 Å². The highest BCUT2D eigenvalue weighted by Crippen LogP contribution is 2.56. The Balaban J connectivity index is 1.16. The second kappa shape index (κ2) is 10.9. The van der Waals surface area contributed by atoms with Gasteiger partial charge in [0, 0.05) is 48.3 Å². The van der Waals surface area contributed by atoms with Gasteiger partial charge in [0.2, 0.25) is 0 Å². The quantitative estimate of drug-likeness (QED) is 0.183. The molecule has 1 aliphatic carbocycles. The zero-order valence-corrected chi connectivity index (χ0v) is 29.7. The van der Waals surface area contributed by atoms with E-state index in [0.29, 0.717) is 0 Å². The van der Waals surface area contributed by atoms with E-state index in [-0.39, 0.29) is 5.41 Å². The molecule has 0 amide bonds. The van der Waals surface area contributed by atoms with Gasteiger partial charge < -0.3 is 9.64 Å². The Labute approximate surface area is 306 Å². The molecule has 9 aromatic rings. The van der Waals surface area contributed by atoms with Crippen LogP contribution in [-0.2, 0) is 5.41 Å². The van der Waals surface area contributed by atoms with Gasteiger partial charge in [0.1, 0.15) is 11.5 Å². The molecule has 1 aliphatic heterocycles. The summed E-state index contributed by atoms with van der Waals surface area (Å²) in [6, 6.07) is 59.7. The van der Waals surface area contributed by atoms with Crippen LogP contribution in [0, 0.1) is 0 Å². The number of fused-ring (bicyclic) bond motifs is 8. The van der Waals surface area contributed by atoms with Gasteiger partial charge in [0.05, 0.1) is 11.4 Å². The average Bonchev–Trinajstić information content (AvgIpc) is 3.68. The van der Waals surface area contributed by atoms with E-state index in [1.807, 2.05) is 11.3 Å². The van der Waals surface area contributed by atoms with Gasteiger partial charge in [-0.3, -0.25) is 0 Å². The molecule has 0 unspecified atom stereocenters. The van der Waals surface area contributed by atoms with Gasteiger partial charge in [-0.1, -0.05) is 129 Å². The summed E-state index contributed by atoms with van der Waals surface area (Å²) in [4.78, 5) is 2.49. The number of hydrogen-bond acceptors (Lipinski definition) is 3. The minimum Gasteiger partial charge on any atom is -0.456 e. The van der Waals surface area contributed by atoms with Crippen LogP contribution in [0.3, 0.4) is 0 Å². The molecule has 52 heavy (non-hydrogen) atoms. The third-order valence-electron chi connectivity index (χ3n) is 11.2. The average molecular weight is 684 g/mol. The fourth-order valence-electron chi connectivity index (χ4n) is 8.98. The van der Waals surface area contributed by atoms with Crippen molar-refractivity contribution in [2.75, 3.05) is 4.90 Å². The Bertz CT molecular complexity index is 2920. The Morgan fingerprint density at radius 1 is 0.481 bits per heavy atom. The Morgan fingerprint density at radius 3 is 2.10 bits per heavy atom. The highest BCUT2D eigenvalue weighted by atomic mass is 32.1. The minimum absolute atomic E-state index is 0.193. The maximum Gasteiger partial charge on any atom is 0.137 e. The van der Waals surface area contributed by atoms with Crippen molar-refractivity contribution in [3.8, 4) is 44.9 Å². The summed E-state index contributed by atoms with van der Waals surface area (Å²) in [5, 5.41) is 4.92. The minimum atomic E-state index is -0.193. The van der Waals surface area contributed by atoms with Gasteiger partial charge in [0.15, 0.2) is 0 Å². The van der Waals surface area contributed by atoms with Crippen LogP contribution >= 0.6 is 11.3 Å². The largest absolute Gasteiger partial charge is 0.456 e. The first-order valence-corrected chi connectivity index (χ1v) is 18.7. The van der Waals surface area contributed by atoms with Gasteiger partial charge >= 0.3 is 0 Å². The third kappa shape index (κ3) is 4.11. The zero-order chi connectivity index (χ0) is 34.6. The molecule has 0 saturated carbocycles. The summed E-state index contributed by atoms with van der Waals surface area (Å²) in [5.74, 6) is 1.76. The van der Waals surface area contributed by atoms with E-state index < -0.39 is 0 Å². The molecule has 0 spiro atoms. The van der Waals surface area contributed by atoms with Gasteiger partial charge in [0.25, 0.3) is 0 Å². The van der Waals surface area contributed by atoms with E-state index in [1.54, 1.807) is 0 Å². The molecule has 2 nitrogen and oxygen atoms in total. The van der Waals surface area contributed by atoms with Crippen LogP contribution in [0.25, 0.3) is 64.3 Å². The molecular weight excluding hydrogens is 651 g/mol. The molecule has 0 atom stereocenters. The SMILES string of the molecule is CC1(C)c2ccccc2-c2cccc(N(c3ccc4c(c3)Oc3ccc(-c5ccccc5)c5cccc-4c35)c3cccc4sc5ccccc5c34)c21. The molecule has 1 aromatic heterocycles. The van der Waals surface area contributed by atoms with Gasteiger partial charge in [-0.25, -0.2) is 0 Å². The van der Waals surface area contributed by atoms with Crippen LogP contribution in [0.2, 0.25) is 0 Å². The van der Waals surface area contributed by atoms with Gasteiger partial charge in [-0.2, -0.15) is 0 Å². The van der Waals surface area contributed by atoms with E-state index in [2.05, 4.69) is 183 Å². The zero-order valence-electron chi connectivity index (χ0n) is 28.9. The van der Waals surface area contributed by atoms with Gasteiger partial charge in [-0.15, -0.1) is 11.3 Å². The van der Waals surface area contributed by atoms with E-state index in [4.69, 9.17) is 4.74 Å². The van der Waals surface area contributed by atoms with Crippen molar-refractivity contribution in [1.82, 2.24) is 0 Å². The molecule has 3 heteroatoms. The molecule has 11 rings (SSSR count). The highest BCUT2D eigenvalue weighted by molar-refractivity contribution is 7.26. The molecular formula is C49H33NOS. The molecule has 0 fully saturated rings. The van der Waals surface area contributed by atoms with Crippen LogP contribution in [0.1, 0.15) is 25.0 Å². The normalized spacial score (nSPS) is 13.5. The molecule has 0 saturated heterocycles. The van der Waals surface area contributed by atoms with E-state index in [0.717, 1.165) is 28.1 Å². The summed E-state index contributed by atoms with van der Waals surface area (Å²) < 4.78 is 9.48. The maximum absolute atomic E-state index is 6.91. The number of hydrogen-bond donors (Lipinski definition) is 0. The Kier molecular flexibility index (Phi) is 6.21. The topological polar surface area (TPSA) is 12.5 Å². The fourth-order valence-corrected chi connectivity index (χ4v) is 10.1. The summed E-state index contributed by atoms with van der Waals surface area (Å²) in [7, 11) is 0. The molecule has 8 aromatic carbocycles. The van der Waals surface area contributed by atoms with E-state index >= 15 is 0 Å². The first kappa shape index (κ1) is 29.6. The number of rotatable bonds is 4. The van der Waals surface area contributed by atoms with Crippen molar-refractivity contribution in [2.24, 2.45) is 0 Å². The molecule has 2 heterocycles. The fraction of sp³-hybridized carbons (Fsp3) is 0.0612. The lowest BCUT2D eigenvalue weighted by molar-refractivity contribution is 0.487. The number of ether oxygens (including phenoxy) is 1.